The molecule has 0 unspecified atom stereocenters. The van der Waals surface area contributed by atoms with Gasteiger partial charge in [0.1, 0.15) is 5.75 Å². The fraction of sp³-hybridized carbons (Fsp3) is 0.188. The molecule has 1 amide bonds. The molecule has 2 N–H and O–H groups in total. The standard InChI is InChI=1S/C16H17ClN2O2/c1-19(2)16(21)11-6-8-13(9-7-11)18-10-12-4-3-5-14(17)15(12)20/h3-9,18,20H,10H2,1-2H3. The van der Waals surface area contributed by atoms with E-state index in [9.17, 15) is 9.90 Å². The molecule has 0 spiro atoms. The number of phenols is 1. The van der Waals surface area contributed by atoms with Crippen LogP contribution in [0.3, 0.4) is 0 Å². The molecule has 4 nitrogen and oxygen atoms in total. The Kier molecular flexibility index (Phi) is 4.70. The SMILES string of the molecule is CN(C)C(=O)c1ccc(NCc2cccc(Cl)c2O)cc1. The van der Waals surface area contributed by atoms with E-state index in [0.29, 0.717) is 17.1 Å². The normalized spacial score (nSPS) is 10.2. The molecule has 21 heavy (non-hydrogen) atoms. The second-order valence-electron chi connectivity index (χ2n) is 4.88. The monoisotopic (exact) mass is 304 g/mol. The first-order valence-corrected chi connectivity index (χ1v) is 6.89. The predicted octanol–water partition coefficient (Wildman–Crippen LogP) is 3.36. The molecule has 0 aliphatic heterocycles. The van der Waals surface area contributed by atoms with Crippen molar-refractivity contribution in [2.45, 2.75) is 6.54 Å². The van der Waals surface area contributed by atoms with Gasteiger partial charge >= 0.3 is 0 Å². The Labute approximate surface area is 129 Å². The molecule has 0 saturated heterocycles. The summed E-state index contributed by atoms with van der Waals surface area (Å²) in [4.78, 5) is 13.3. The van der Waals surface area contributed by atoms with E-state index in [2.05, 4.69) is 5.32 Å². The second kappa shape index (κ2) is 6.50. The molecule has 0 aliphatic rings. The highest BCUT2D eigenvalue weighted by Crippen LogP contribution is 2.27. The summed E-state index contributed by atoms with van der Waals surface area (Å²) in [6, 6.07) is 12.4. The Morgan fingerprint density at radius 3 is 2.48 bits per heavy atom. The lowest BCUT2D eigenvalue weighted by molar-refractivity contribution is 0.0827. The molecule has 0 atom stereocenters. The number of benzene rings is 2. The number of hydrogen-bond donors (Lipinski definition) is 2. The van der Waals surface area contributed by atoms with Crippen LogP contribution < -0.4 is 5.32 Å². The van der Waals surface area contributed by atoms with Crippen molar-refractivity contribution in [3.63, 3.8) is 0 Å². The number of nitrogens with one attached hydrogen (secondary N) is 1. The quantitative estimate of drug-likeness (QED) is 0.910. The predicted molar refractivity (Wildman–Crippen MR) is 84.9 cm³/mol. The molecule has 0 bridgehead atoms. The third-order valence-electron chi connectivity index (χ3n) is 3.09. The van der Waals surface area contributed by atoms with E-state index >= 15 is 0 Å². The highest BCUT2D eigenvalue weighted by atomic mass is 35.5. The Balaban J connectivity index is 2.04. The van der Waals surface area contributed by atoms with Gasteiger partial charge in [-0.15, -0.1) is 0 Å². The van der Waals surface area contributed by atoms with Crippen LogP contribution in [0.1, 0.15) is 15.9 Å². The maximum absolute atomic E-state index is 11.8. The fourth-order valence-corrected chi connectivity index (χ4v) is 2.08. The zero-order valence-electron chi connectivity index (χ0n) is 11.9. The van der Waals surface area contributed by atoms with Gasteiger partial charge in [0.25, 0.3) is 5.91 Å². The summed E-state index contributed by atoms with van der Waals surface area (Å²) < 4.78 is 0. The fourth-order valence-electron chi connectivity index (χ4n) is 1.89. The number of rotatable bonds is 4. The molecule has 5 heteroatoms. The van der Waals surface area contributed by atoms with Gasteiger partial charge in [-0.25, -0.2) is 0 Å². The Morgan fingerprint density at radius 1 is 1.19 bits per heavy atom. The number of para-hydroxylation sites is 1. The average Bonchev–Trinajstić information content (AvgIpc) is 2.48. The smallest absolute Gasteiger partial charge is 0.253 e. The number of nitrogens with zero attached hydrogens (tertiary/aromatic N) is 1. The van der Waals surface area contributed by atoms with E-state index in [1.165, 1.54) is 4.90 Å². The highest BCUT2D eigenvalue weighted by molar-refractivity contribution is 6.32. The third-order valence-corrected chi connectivity index (χ3v) is 3.40. The molecule has 0 radical (unpaired) electrons. The number of anilines is 1. The molecule has 0 saturated carbocycles. The number of amides is 1. The largest absolute Gasteiger partial charge is 0.506 e. The van der Waals surface area contributed by atoms with Crippen LogP contribution in [0, 0.1) is 0 Å². The van der Waals surface area contributed by atoms with Crippen LogP contribution in [0.2, 0.25) is 5.02 Å². The van der Waals surface area contributed by atoms with E-state index < -0.39 is 0 Å². The van der Waals surface area contributed by atoms with Crippen molar-refractivity contribution in [2.24, 2.45) is 0 Å². The minimum absolute atomic E-state index is 0.0333. The van der Waals surface area contributed by atoms with Crippen molar-refractivity contribution in [3.05, 3.63) is 58.6 Å². The van der Waals surface area contributed by atoms with Gasteiger partial charge in [-0.3, -0.25) is 4.79 Å². The van der Waals surface area contributed by atoms with E-state index in [0.717, 1.165) is 11.3 Å². The molecule has 0 fully saturated rings. The van der Waals surface area contributed by atoms with Crippen LogP contribution in [-0.4, -0.2) is 30.0 Å². The molecule has 2 aromatic rings. The van der Waals surface area contributed by atoms with Crippen molar-refractivity contribution in [1.29, 1.82) is 0 Å². The summed E-state index contributed by atoms with van der Waals surface area (Å²) in [5.74, 6) is 0.0557. The van der Waals surface area contributed by atoms with Crippen molar-refractivity contribution in [2.75, 3.05) is 19.4 Å². The van der Waals surface area contributed by atoms with Crippen LogP contribution in [-0.2, 0) is 6.54 Å². The van der Waals surface area contributed by atoms with Gasteiger partial charge in [0.15, 0.2) is 0 Å². The molecule has 110 valence electrons. The first kappa shape index (κ1) is 15.2. The second-order valence-corrected chi connectivity index (χ2v) is 5.29. The summed E-state index contributed by atoms with van der Waals surface area (Å²) in [5.41, 5.74) is 2.22. The minimum atomic E-state index is -0.0333. The first-order chi connectivity index (χ1) is 9.99. The van der Waals surface area contributed by atoms with Gasteiger partial charge in [-0.1, -0.05) is 23.7 Å². The van der Waals surface area contributed by atoms with Gasteiger partial charge in [0.05, 0.1) is 5.02 Å². The molecule has 2 aromatic carbocycles. The zero-order chi connectivity index (χ0) is 15.4. The molecule has 0 heterocycles. The average molecular weight is 305 g/mol. The van der Waals surface area contributed by atoms with Crippen molar-refractivity contribution < 1.29 is 9.90 Å². The number of aromatic hydroxyl groups is 1. The Hall–Kier alpha value is -2.20. The minimum Gasteiger partial charge on any atom is -0.506 e. The van der Waals surface area contributed by atoms with Crippen LogP contribution in [0.25, 0.3) is 0 Å². The number of hydrogen-bond acceptors (Lipinski definition) is 3. The summed E-state index contributed by atoms with van der Waals surface area (Å²) in [6.07, 6.45) is 0. The lowest BCUT2D eigenvalue weighted by atomic mass is 10.1. The number of carbonyl (C=O) groups is 1. The van der Waals surface area contributed by atoms with E-state index in [1.807, 2.05) is 12.1 Å². The van der Waals surface area contributed by atoms with E-state index in [4.69, 9.17) is 11.6 Å². The van der Waals surface area contributed by atoms with Crippen LogP contribution in [0.4, 0.5) is 5.69 Å². The van der Waals surface area contributed by atoms with E-state index in [-0.39, 0.29) is 11.7 Å². The maximum atomic E-state index is 11.8. The molecular weight excluding hydrogens is 288 g/mol. The number of phenolic OH excluding ortho intramolecular Hbond substituents is 1. The summed E-state index contributed by atoms with van der Waals surface area (Å²) in [6.45, 7) is 0.452. The van der Waals surface area contributed by atoms with E-state index in [1.54, 1.807) is 44.4 Å². The topological polar surface area (TPSA) is 52.6 Å². The molecule has 0 aromatic heterocycles. The van der Waals surface area contributed by atoms with Crippen molar-refractivity contribution >= 4 is 23.2 Å². The lowest BCUT2D eigenvalue weighted by Crippen LogP contribution is -2.21. The summed E-state index contributed by atoms with van der Waals surface area (Å²) >= 11 is 5.86. The van der Waals surface area contributed by atoms with Crippen LogP contribution in [0.5, 0.6) is 5.75 Å². The van der Waals surface area contributed by atoms with Gasteiger partial charge in [-0.2, -0.15) is 0 Å². The Bertz CT molecular complexity index is 639. The van der Waals surface area contributed by atoms with Crippen molar-refractivity contribution in [3.8, 4) is 5.75 Å². The van der Waals surface area contributed by atoms with Gasteiger partial charge in [-0.05, 0) is 30.3 Å². The lowest BCUT2D eigenvalue weighted by Gasteiger charge is -2.12. The van der Waals surface area contributed by atoms with Gasteiger partial charge in [0, 0.05) is 37.5 Å². The first-order valence-electron chi connectivity index (χ1n) is 6.51. The highest BCUT2D eigenvalue weighted by Gasteiger charge is 2.08. The van der Waals surface area contributed by atoms with Crippen molar-refractivity contribution in [1.82, 2.24) is 4.90 Å². The zero-order valence-corrected chi connectivity index (χ0v) is 12.7. The van der Waals surface area contributed by atoms with Crippen LogP contribution >= 0.6 is 11.6 Å². The number of carbonyl (C=O) groups excluding carboxylic acids is 1. The Morgan fingerprint density at radius 2 is 1.86 bits per heavy atom. The van der Waals surface area contributed by atoms with Gasteiger partial charge in [0.2, 0.25) is 0 Å². The molecule has 0 aliphatic carbocycles. The third kappa shape index (κ3) is 3.67. The van der Waals surface area contributed by atoms with Gasteiger partial charge < -0.3 is 15.3 Å². The maximum Gasteiger partial charge on any atom is 0.253 e. The summed E-state index contributed by atoms with van der Waals surface area (Å²) in [7, 11) is 3.44. The molecular formula is C16H17ClN2O2. The number of halogens is 1. The van der Waals surface area contributed by atoms with Crippen LogP contribution in [0.15, 0.2) is 42.5 Å². The summed E-state index contributed by atoms with van der Waals surface area (Å²) in [5, 5.41) is 13.3. The molecule has 2 rings (SSSR count).